The first-order valence-electron chi connectivity index (χ1n) is 6.62. The Morgan fingerprint density at radius 3 is 2.35 bits per heavy atom. The molecule has 0 radical (unpaired) electrons. The first kappa shape index (κ1) is 12.6. The maximum absolute atomic E-state index is 12.6. The molecule has 20 heavy (non-hydrogen) atoms. The maximum Gasteiger partial charge on any atom is 0.265 e. The third kappa shape index (κ3) is 1.92. The van der Waals surface area contributed by atoms with Crippen molar-refractivity contribution in [2.45, 2.75) is 20.8 Å². The van der Waals surface area contributed by atoms with Gasteiger partial charge in [0.25, 0.3) is 5.56 Å². The highest BCUT2D eigenvalue weighted by atomic mass is 16.1. The quantitative estimate of drug-likeness (QED) is 0.676. The van der Waals surface area contributed by atoms with Crippen molar-refractivity contribution in [3.05, 3.63) is 69.8 Å². The number of benzene rings is 2. The van der Waals surface area contributed by atoms with E-state index in [9.17, 15) is 4.79 Å². The highest BCUT2D eigenvalue weighted by Crippen LogP contribution is 2.20. The Kier molecular flexibility index (Phi) is 2.90. The summed E-state index contributed by atoms with van der Waals surface area (Å²) in [4.78, 5) is 17.0. The molecule has 100 valence electrons. The topological polar surface area (TPSA) is 34.9 Å². The maximum atomic E-state index is 12.6. The van der Waals surface area contributed by atoms with Gasteiger partial charge in [-0.2, -0.15) is 0 Å². The van der Waals surface area contributed by atoms with Crippen molar-refractivity contribution in [2.24, 2.45) is 0 Å². The second-order valence-corrected chi connectivity index (χ2v) is 5.18. The van der Waals surface area contributed by atoms with Gasteiger partial charge in [-0.3, -0.25) is 9.36 Å². The first-order chi connectivity index (χ1) is 9.58. The lowest BCUT2D eigenvalue weighted by Crippen LogP contribution is -2.20. The van der Waals surface area contributed by atoms with E-state index in [-0.39, 0.29) is 5.56 Å². The molecular weight excluding hydrogens is 248 g/mol. The Labute approximate surface area is 117 Å². The number of rotatable bonds is 1. The average molecular weight is 264 g/mol. The van der Waals surface area contributed by atoms with Gasteiger partial charge in [0.1, 0.15) is 6.33 Å². The minimum Gasteiger partial charge on any atom is -0.268 e. The van der Waals surface area contributed by atoms with Gasteiger partial charge < -0.3 is 0 Å². The van der Waals surface area contributed by atoms with Gasteiger partial charge in [0.05, 0.1) is 16.6 Å². The number of para-hydroxylation sites is 1. The van der Waals surface area contributed by atoms with E-state index in [4.69, 9.17) is 0 Å². The van der Waals surface area contributed by atoms with Crippen LogP contribution in [0.4, 0.5) is 0 Å². The average Bonchev–Trinajstić information content (AvgIpc) is 2.40. The Balaban J connectivity index is 2.36. The Morgan fingerprint density at radius 1 is 1.00 bits per heavy atom. The van der Waals surface area contributed by atoms with Crippen molar-refractivity contribution in [3.63, 3.8) is 0 Å². The van der Waals surface area contributed by atoms with Crippen LogP contribution in [0.3, 0.4) is 0 Å². The number of hydrogen-bond acceptors (Lipinski definition) is 2. The van der Waals surface area contributed by atoms with Crippen molar-refractivity contribution in [1.29, 1.82) is 0 Å². The monoisotopic (exact) mass is 264 g/mol. The van der Waals surface area contributed by atoms with Crippen LogP contribution < -0.4 is 5.56 Å². The van der Waals surface area contributed by atoms with E-state index in [1.807, 2.05) is 38.1 Å². The number of hydrogen-bond donors (Lipinski definition) is 0. The molecular formula is C17H16N2O. The number of aryl methyl sites for hydroxylation is 3. The lowest BCUT2D eigenvalue weighted by atomic mass is 10.0. The fourth-order valence-electron chi connectivity index (χ4n) is 2.78. The van der Waals surface area contributed by atoms with E-state index < -0.39 is 0 Å². The third-order valence-corrected chi connectivity index (χ3v) is 3.54. The van der Waals surface area contributed by atoms with Crippen LogP contribution >= 0.6 is 0 Å². The minimum atomic E-state index is -0.0225. The minimum absolute atomic E-state index is 0.0225. The summed E-state index contributed by atoms with van der Waals surface area (Å²) in [6.07, 6.45) is 1.62. The number of fused-ring (bicyclic) bond motifs is 1. The molecule has 0 amide bonds. The van der Waals surface area contributed by atoms with Gasteiger partial charge in [-0.15, -0.1) is 0 Å². The summed E-state index contributed by atoms with van der Waals surface area (Å²) in [5, 5.41) is 0.648. The highest BCUT2D eigenvalue weighted by molar-refractivity contribution is 5.77. The molecule has 3 heteroatoms. The molecule has 0 aliphatic carbocycles. The summed E-state index contributed by atoms with van der Waals surface area (Å²) in [6.45, 7) is 6.11. The van der Waals surface area contributed by atoms with Crippen molar-refractivity contribution in [1.82, 2.24) is 9.55 Å². The van der Waals surface area contributed by atoms with Crippen LogP contribution in [0.15, 0.2) is 47.5 Å². The lowest BCUT2D eigenvalue weighted by molar-refractivity contribution is 0.940. The SMILES string of the molecule is Cc1cc(C)c(-n2cnc3ccccc3c2=O)c(C)c1. The largest absolute Gasteiger partial charge is 0.268 e. The zero-order valence-corrected chi connectivity index (χ0v) is 11.8. The fourth-order valence-corrected chi connectivity index (χ4v) is 2.78. The molecule has 0 fully saturated rings. The van der Waals surface area contributed by atoms with Gasteiger partial charge in [0.15, 0.2) is 0 Å². The molecule has 3 aromatic rings. The molecule has 3 rings (SSSR count). The van der Waals surface area contributed by atoms with Crippen LogP contribution in [-0.4, -0.2) is 9.55 Å². The summed E-state index contributed by atoms with van der Waals surface area (Å²) in [7, 11) is 0. The van der Waals surface area contributed by atoms with Gasteiger partial charge in [0.2, 0.25) is 0 Å². The van der Waals surface area contributed by atoms with Crippen LogP contribution in [0, 0.1) is 20.8 Å². The van der Waals surface area contributed by atoms with Gasteiger partial charge in [-0.25, -0.2) is 4.98 Å². The van der Waals surface area contributed by atoms with Crippen molar-refractivity contribution in [3.8, 4) is 5.69 Å². The van der Waals surface area contributed by atoms with E-state index in [2.05, 4.69) is 24.0 Å². The summed E-state index contributed by atoms with van der Waals surface area (Å²) < 4.78 is 1.65. The molecule has 3 nitrogen and oxygen atoms in total. The molecule has 0 N–H and O–H groups in total. The van der Waals surface area contributed by atoms with Crippen molar-refractivity contribution in [2.75, 3.05) is 0 Å². The predicted molar refractivity (Wildman–Crippen MR) is 81.6 cm³/mol. The normalized spacial score (nSPS) is 10.9. The van der Waals surface area contributed by atoms with Crippen molar-refractivity contribution >= 4 is 10.9 Å². The standard InChI is InChI=1S/C17H16N2O/c1-11-8-12(2)16(13(3)9-11)19-10-18-15-7-5-4-6-14(15)17(19)20/h4-10H,1-3H3. The van der Waals surface area contributed by atoms with Crippen LogP contribution in [-0.2, 0) is 0 Å². The second-order valence-electron chi connectivity index (χ2n) is 5.18. The van der Waals surface area contributed by atoms with Gasteiger partial charge in [-0.1, -0.05) is 29.8 Å². The van der Waals surface area contributed by atoms with E-state index in [0.29, 0.717) is 5.39 Å². The fraction of sp³-hybridized carbons (Fsp3) is 0.176. The van der Waals surface area contributed by atoms with Gasteiger partial charge in [-0.05, 0) is 44.0 Å². The smallest absolute Gasteiger partial charge is 0.265 e. The summed E-state index contributed by atoms with van der Waals surface area (Å²) in [5.41, 5.74) is 5.01. The molecule has 0 aliphatic rings. The number of aromatic nitrogens is 2. The summed E-state index contributed by atoms with van der Waals surface area (Å²) >= 11 is 0. The van der Waals surface area contributed by atoms with Gasteiger partial charge in [0, 0.05) is 0 Å². The summed E-state index contributed by atoms with van der Waals surface area (Å²) in [6, 6.07) is 11.6. The van der Waals surface area contributed by atoms with Crippen LogP contribution in [0.1, 0.15) is 16.7 Å². The van der Waals surface area contributed by atoms with E-state index in [1.54, 1.807) is 10.9 Å². The molecule has 0 unspecified atom stereocenters. The molecule has 0 aliphatic heterocycles. The molecule has 0 bridgehead atoms. The molecule has 1 heterocycles. The van der Waals surface area contributed by atoms with Gasteiger partial charge >= 0.3 is 0 Å². The molecule has 2 aromatic carbocycles. The highest BCUT2D eigenvalue weighted by Gasteiger charge is 2.10. The van der Waals surface area contributed by atoms with Crippen LogP contribution in [0.5, 0.6) is 0 Å². The Bertz CT molecular complexity index is 839. The second kappa shape index (κ2) is 4.60. The first-order valence-corrected chi connectivity index (χ1v) is 6.62. The lowest BCUT2D eigenvalue weighted by Gasteiger charge is -2.13. The Morgan fingerprint density at radius 2 is 1.65 bits per heavy atom. The van der Waals surface area contributed by atoms with Crippen LogP contribution in [0.25, 0.3) is 16.6 Å². The summed E-state index contributed by atoms with van der Waals surface area (Å²) in [5.74, 6) is 0. The molecule has 0 atom stereocenters. The predicted octanol–water partition coefficient (Wildman–Crippen LogP) is 3.31. The van der Waals surface area contributed by atoms with E-state index in [0.717, 1.165) is 22.3 Å². The van der Waals surface area contributed by atoms with E-state index in [1.165, 1.54) is 5.56 Å². The molecule has 0 spiro atoms. The number of nitrogens with zero attached hydrogens (tertiary/aromatic N) is 2. The zero-order valence-electron chi connectivity index (χ0n) is 11.8. The zero-order chi connectivity index (χ0) is 14.3. The molecule has 0 saturated heterocycles. The van der Waals surface area contributed by atoms with Crippen LogP contribution in [0.2, 0.25) is 0 Å². The van der Waals surface area contributed by atoms with E-state index >= 15 is 0 Å². The van der Waals surface area contributed by atoms with Crippen molar-refractivity contribution < 1.29 is 0 Å². The third-order valence-electron chi connectivity index (χ3n) is 3.54. The molecule has 0 saturated carbocycles. The Hall–Kier alpha value is -2.42. The molecule has 1 aromatic heterocycles.